The Bertz CT molecular complexity index is 762. The van der Waals surface area contributed by atoms with Gasteiger partial charge < -0.3 is 9.80 Å². The first-order valence-electron chi connectivity index (χ1n) is 9.96. The molecule has 2 aromatic rings. The molecule has 1 atom stereocenters. The summed E-state index contributed by atoms with van der Waals surface area (Å²) in [5, 5.41) is 6.69. The number of likely N-dealkylation sites (tertiary alicyclic amines) is 2. The van der Waals surface area contributed by atoms with Crippen molar-refractivity contribution in [3.63, 3.8) is 0 Å². The van der Waals surface area contributed by atoms with E-state index < -0.39 is 0 Å². The highest BCUT2D eigenvalue weighted by molar-refractivity contribution is 6.04. The van der Waals surface area contributed by atoms with Crippen LogP contribution in [0.3, 0.4) is 0 Å². The van der Waals surface area contributed by atoms with Crippen molar-refractivity contribution in [3.05, 3.63) is 48.4 Å². The van der Waals surface area contributed by atoms with Crippen molar-refractivity contribution in [2.45, 2.75) is 38.1 Å². The summed E-state index contributed by atoms with van der Waals surface area (Å²) in [6.45, 7) is 4.63. The number of nitrogens with one attached hydrogen (secondary N) is 1. The Labute approximate surface area is 160 Å². The van der Waals surface area contributed by atoms with Crippen LogP contribution in [0.1, 0.15) is 42.5 Å². The number of rotatable bonds is 6. The van der Waals surface area contributed by atoms with Gasteiger partial charge >= 0.3 is 0 Å². The molecule has 0 saturated carbocycles. The van der Waals surface area contributed by atoms with E-state index in [2.05, 4.69) is 25.0 Å². The molecule has 6 nitrogen and oxygen atoms in total. The molecule has 0 radical (unpaired) electrons. The zero-order chi connectivity index (χ0) is 18.5. The van der Waals surface area contributed by atoms with Gasteiger partial charge in [0.15, 0.2) is 11.6 Å². The largest absolute Gasteiger partial charge is 0.373 e. The number of carbonyl (C=O) groups excluding carboxylic acids is 1. The van der Waals surface area contributed by atoms with Crippen LogP contribution in [0.15, 0.2) is 42.9 Å². The predicted octanol–water partition coefficient (Wildman–Crippen LogP) is 3.12. The smallest absolute Gasteiger partial charge is 0.187 e. The van der Waals surface area contributed by atoms with Gasteiger partial charge in [0.25, 0.3) is 0 Å². The lowest BCUT2D eigenvalue weighted by Crippen LogP contribution is -2.40. The fourth-order valence-corrected chi connectivity index (χ4v) is 4.09. The Kier molecular flexibility index (Phi) is 5.63. The number of aromatic amines is 1. The summed E-state index contributed by atoms with van der Waals surface area (Å²) in [6, 6.07) is 8.04. The van der Waals surface area contributed by atoms with E-state index in [-0.39, 0.29) is 5.78 Å². The Morgan fingerprint density at radius 1 is 1.11 bits per heavy atom. The molecule has 1 N–H and O–H groups in total. The summed E-state index contributed by atoms with van der Waals surface area (Å²) >= 11 is 0. The van der Waals surface area contributed by atoms with Gasteiger partial charge in [-0.15, -0.1) is 0 Å². The average Bonchev–Trinajstić information content (AvgIpc) is 3.39. The van der Waals surface area contributed by atoms with Crippen molar-refractivity contribution in [2.24, 2.45) is 0 Å². The molecule has 0 bridgehead atoms. The molecule has 142 valence electrons. The SMILES string of the molecule is O=C(/C=C/N1CCC[C@H]1CN1CCCCC1)c1ccc(-c2ncn[nH]2)cc1. The molecule has 27 heavy (non-hydrogen) atoms. The van der Waals surface area contributed by atoms with E-state index in [1.165, 1.54) is 51.5 Å². The maximum atomic E-state index is 12.5. The molecule has 0 amide bonds. The minimum absolute atomic E-state index is 0.0442. The number of hydrogen-bond acceptors (Lipinski definition) is 5. The molecule has 4 rings (SSSR count). The lowest BCUT2D eigenvalue weighted by Gasteiger charge is -2.32. The van der Waals surface area contributed by atoms with Gasteiger partial charge in [-0.25, -0.2) is 4.98 Å². The number of nitrogens with zero attached hydrogens (tertiary/aromatic N) is 4. The molecule has 2 saturated heterocycles. The lowest BCUT2D eigenvalue weighted by atomic mass is 10.1. The standard InChI is InChI=1S/C21H27N5O/c27-20(17-6-8-18(9-7-17)21-22-16-23-24-21)10-14-26-13-4-5-19(26)15-25-11-2-1-3-12-25/h6-10,14,16,19H,1-5,11-13,15H2,(H,22,23,24)/b14-10+/t19-/m0/s1. The minimum Gasteiger partial charge on any atom is -0.373 e. The van der Waals surface area contributed by atoms with E-state index in [4.69, 9.17) is 0 Å². The van der Waals surface area contributed by atoms with Crippen molar-refractivity contribution in [3.8, 4) is 11.4 Å². The van der Waals surface area contributed by atoms with Crippen LogP contribution in [-0.2, 0) is 0 Å². The van der Waals surface area contributed by atoms with Crippen LogP contribution in [0.25, 0.3) is 11.4 Å². The van der Waals surface area contributed by atoms with Gasteiger partial charge in [-0.1, -0.05) is 30.7 Å². The monoisotopic (exact) mass is 365 g/mol. The van der Waals surface area contributed by atoms with Gasteiger partial charge in [0.1, 0.15) is 6.33 Å². The van der Waals surface area contributed by atoms with E-state index in [1.54, 1.807) is 6.08 Å². The molecular weight excluding hydrogens is 338 g/mol. The quantitative estimate of drug-likeness (QED) is 0.629. The fraction of sp³-hybridized carbons (Fsp3) is 0.476. The fourth-order valence-electron chi connectivity index (χ4n) is 4.09. The summed E-state index contributed by atoms with van der Waals surface area (Å²) in [4.78, 5) is 21.6. The Morgan fingerprint density at radius 3 is 2.67 bits per heavy atom. The first-order chi connectivity index (χ1) is 13.3. The van der Waals surface area contributed by atoms with Gasteiger partial charge in [-0.2, -0.15) is 5.10 Å². The summed E-state index contributed by atoms with van der Waals surface area (Å²) in [7, 11) is 0. The molecule has 2 aliphatic heterocycles. The van der Waals surface area contributed by atoms with Crippen molar-refractivity contribution >= 4 is 5.78 Å². The molecule has 1 aromatic heterocycles. The van der Waals surface area contributed by atoms with Crippen molar-refractivity contribution in [1.82, 2.24) is 25.0 Å². The summed E-state index contributed by atoms with van der Waals surface area (Å²) in [5.41, 5.74) is 1.62. The number of hydrogen-bond donors (Lipinski definition) is 1. The molecular formula is C21H27N5O. The Balaban J connectivity index is 1.35. The van der Waals surface area contributed by atoms with Crippen LogP contribution < -0.4 is 0 Å². The van der Waals surface area contributed by atoms with Crippen LogP contribution in [0.5, 0.6) is 0 Å². The van der Waals surface area contributed by atoms with Gasteiger partial charge in [0.2, 0.25) is 0 Å². The van der Waals surface area contributed by atoms with E-state index in [0.717, 1.165) is 18.7 Å². The molecule has 1 aromatic carbocycles. The molecule has 0 spiro atoms. The number of aromatic nitrogens is 3. The number of carbonyl (C=O) groups is 1. The molecule has 0 aliphatic carbocycles. The zero-order valence-corrected chi connectivity index (χ0v) is 15.7. The molecule has 0 unspecified atom stereocenters. The van der Waals surface area contributed by atoms with Crippen molar-refractivity contribution in [2.75, 3.05) is 26.2 Å². The third-order valence-corrected chi connectivity index (χ3v) is 5.62. The van der Waals surface area contributed by atoms with E-state index in [1.807, 2.05) is 30.5 Å². The predicted molar refractivity (Wildman–Crippen MR) is 105 cm³/mol. The number of H-pyrrole nitrogens is 1. The number of benzene rings is 1. The Morgan fingerprint density at radius 2 is 1.93 bits per heavy atom. The van der Waals surface area contributed by atoms with Crippen LogP contribution in [0.4, 0.5) is 0 Å². The van der Waals surface area contributed by atoms with Gasteiger partial charge in [-0.05, 0) is 38.8 Å². The molecule has 2 aliphatic rings. The number of allylic oxidation sites excluding steroid dienone is 1. The summed E-state index contributed by atoms with van der Waals surface area (Å²) in [5.74, 6) is 0.755. The summed E-state index contributed by atoms with van der Waals surface area (Å²) < 4.78 is 0. The normalized spacial score (nSPS) is 21.2. The second-order valence-corrected chi connectivity index (χ2v) is 7.49. The summed E-state index contributed by atoms with van der Waals surface area (Å²) in [6.07, 6.45) is 11.7. The minimum atomic E-state index is 0.0442. The number of ketones is 1. The van der Waals surface area contributed by atoms with Gasteiger partial charge in [0, 0.05) is 42.5 Å². The Hall–Kier alpha value is -2.47. The van der Waals surface area contributed by atoms with E-state index in [0.29, 0.717) is 17.4 Å². The van der Waals surface area contributed by atoms with Gasteiger partial charge in [-0.3, -0.25) is 9.89 Å². The third kappa shape index (κ3) is 4.45. The van der Waals surface area contributed by atoms with Crippen molar-refractivity contribution < 1.29 is 4.79 Å². The third-order valence-electron chi connectivity index (χ3n) is 5.62. The van der Waals surface area contributed by atoms with Crippen LogP contribution in [-0.4, -0.2) is 63.0 Å². The van der Waals surface area contributed by atoms with Crippen LogP contribution in [0, 0.1) is 0 Å². The number of piperidine rings is 1. The molecule has 3 heterocycles. The van der Waals surface area contributed by atoms with E-state index in [9.17, 15) is 4.79 Å². The topological polar surface area (TPSA) is 65.1 Å². The highest BCUT2D eigenvalue weighted by atomic mass is 16.1. The molecule has 2 fully saturated rings. The maximum Gasteiger partial charge on any atom is 0.187 e. The average molecular weight is 365 g/mol. The van der Waals surface area contributed by atoms with Crippen LogP contribution in [0.2, 0.25) is 0 Å². The first kappa shape index (κ1) is 17.9. The van der Waals surface area contributed by atoms with Gasteiger partial charge in [0.05, 0.1) is 0 Å². The molecule has 6 heteroatoms. The van der Waals surface area contributed by atoms with E-state index >= 15 is 0 Å². The highest BCUT2D eigenvalue weighted by Crippen LogP contribution is 2.21. The second-order valence-electron chi connectivity index (χ2n) is 7.49. The first-order valence-corrected chi connectivity index (χ1v) is 9.96. The zero-order valence-electron chi connectivity index (χ0n) is 15.7. The highest BCUT2D eigenvalue weighted by Gasteiger charge is 2.24. The van der Waals surface area contributed by atoms with Crippen molar-refractivity contribution in [1.29, 1.82) is 0 Å². The maximum absolute atomic E-state index is 12.5. The van der Waals surface area contributed by atoms with Crippen LogP contribution >= 0.6 is 0 Å². The second kappa shape index (κ2) is 8.48. The lowest BCUT2D eigenvalue weighted by molar-refractivity contribution is 0.104.